The van der Waals surface area contributed by atoms with E-state index in [0.717, 1.165) is 0 Å². The number of ketones is 1. The fraction of sp³-hybridized carbons (Fsp3) is 0.364. The van der Waals surface area contributed by atoms with E-state index in [9.17, 15) is 9.18 Å². The molecule has 0 aliphatic carbocycles. The van der Waals surface area contributed by atoms with Crippen molar-refractivity contribution >= 4 is 5.78 Å². The number of rotatable bonds is 4. The Hall–Kier alpha value is -1.38. The number of halogens is 1. The highest BCUT2D eigenvalue weighted by molar-refractivity contribution is 5.96. The minimum absolute atomic E-state index is 0.135. The summed E-state index contributed by atoms with van der Waals surface area (Å²) in [6, 6.07) is 4.31. The maximum atomic E-state index is 13.3. The van der Waals surface area contributed by atoms with Gasteiger partial charge in [0, 0.05) is 12.5 Å². The van der Waals surface area contributed by atoms with Crippen LogP contribution in [0, 0.1) is 5.82 Å². The molecule has 0 N–H and O–H groups in total. The van der Waals surface area contributed by atoms with Crippen molar-refractivity contribution in [3.63, 3.8) is 0 Å². The van der Waals surface area contributed by atoms with E-state index in [1.807, 2.05) is 6.92 Å². The van der Waals surface area contributed by atoms with Crippen LogP contribution in [0.1, 0.15) is 30.6 Å². The number of ether oxygens (including phenoxy) is 1. The lowest BCUT2D eigenvalue weighted by atomic mass is 10.1. The summed E-state index contributed by atoms with van der Waals surface area (Å²) >= 11 is 0. The SMILES string of the molecule is CCOc1ccc(C(=O)CC)c(F)c1. The molecule has 1 rings (SSSR count). The summed E-state index contributed by atoms with van der Waals surface area (Å²) in [4.78, 5) is 11.2. The van der Waals surface area contributed by atoms with Gasteiger partial charge in [0.15, 0.2) is 5.78 Å². The molecule has 1 aromatic carbocycles. The molecule has 0 aliphatic heterocycles. The Kier molecular flexibility index (Phi) is 3.63. The van der Waals surface area contributed by atoms with Gasteiger partial charge in [-0.2, -0.15) is 0 Å². The summed E-state index contributed by atoms with van der Waals surface area (Å²) in [5.74, 6) is -0.244. The van der Waals surface area contributed by atoms with Gasteiger partial charge in [-0.05, 0) is 19.1 Å². The van der Waals surface area contributed by atoms with E-state index in [-0.39, 0.29) is 11.3 Å². The summed E-state index contributed by atoms with van der Waals surface area (Å²) in [6.45, 7) is 4.02. The first-order valence-electron chi connectivity index (χ1n) is 4.64. The predicted octanol–water partition coefficient (Wildman–Crippen LogP) is 2.82. The second-order valence-corrected chi connectivity index (χ2v) is 2.85. The molecule has 0 aromatic heterocycles. The zero-order valence-electron chi connectivity index (χ0n) is 8.34. The van der Waals surface area contributed by atoms with Gasteiger partial charge < -0.3 is 4.74 Å². The van der Waals surface area contributed by atoms with E-state index < -0.39 is 5.82 Å². The lowest BCUT2D eigenvalue weighted by molar-refractivity contribution is 0.0984. The topological polar surface area (TPSA) is 26.3 Å². The van der Waals surface area contributed by atoms with Crippen LogP contribution in [-0.2, 0) is 0 Å². The average Bonchev–Trinajstić information content (AvgIpc) is 2.17. The standard InChI is InChI=1S/C11H13FO2/c1-3-11(13)9-6-5-8(14-4-2)7-10(9)12/h5-7H,3-4H2,1-2H3. The van der Waals surface area contributed by atoms with Crippen molar-refractivity contribution in [2.75, 3.05) is 6.61 Å². The Morgan fingerprint density at radius 2 is 2.14 bits per heavy atom. The molecule has 0 heterocycles. The van der Waals surface area contributed by atoms with Crippen molar-refractivity contribution < 1.29 is 13.9 Å². The molecule has 3 heteroatoms. The van der Waals surface area contributed by atoms with Gasteiger partial charge in [0.1, 0.15) is 11.6 Å². The molecule has 0 fully saturated rings. The van der Waals surface area contributed by atoms with Crippen molar-refractivity contribution in [3.05, 3.63) is 29.6 Å². The molecule has 0 saturated heterocycles. The van der Waals surface area contributed by atoms with Gasteiger partial charge in [-0.1, -0.05) is 6.92 Å². The minimum atomic E-state index is -0.511. The molecule has 0 spiro atoms. The number of carbonyl (C=O) groups is 1. The van der Waals surface area contributed by atoms with Crippen molar-refractivity contribution in [1.82, 2.24) is 0 Å². The van der Waals surface area contributed by atoms with Crippen molar-refractivity contribution in [3.8, 4) is 5.75 Å². The van der Waals surface area contributed by atoms with E-state index in [4.69, 9.17) is 4.74 Å². The van der Waals surface area contributed by atoms with Crippen LogP contribution in [0.5, 0.6) is 5.75 Å². The van der Waals surface area contributed by atoms with Crippen molar-refractivity contribution in [2.45, 2.75) is 20.3 Å². The lowest BCUT2D eigenvalue weighted by Gasteiger charge is -2.05. The summed E-state index contributed by atoms with van der Waals surface area (Å²) < 4.78 is 18.4. The van der Waals surface area contributed by atoms with Gasteiger partial charge in [-0.15, -0.1) is 0 Å². The highest BCUT2D eigenvalue weighted by Gasteiger charge is 2.10. The van der Waals surface area contributed by atoms with E-state index >= 15 is 0 Å². The number of hydrogen-bond acceptors (Lipinski definition) is 2. The predicted molar refractivity (Wildman–Crippen MR) is 52.2 cm³/mol. The normalized spacial score (nSPS) is 9.93. The summed E-state index contributed by atoms with van der Waals surface area (Å²) in [5, 5.41) is 0. The Balaban J connectivity index is 2.95. The highest BCUT2D eigenvalue weighted by Crippen LogP contribution is 2.17. The first kappa shape index (κ1) is 10.7. The molecule has 14 heavy (non-hydrogen) atoms. The number of carbonyl (C=O) groups excluding carboxylic acids is 1. The van der Waals surface area contributed by atoms with Crippen LogP contribution in [0.2, 0.25) is 0 Å². The van der Waals surface area contributed by atoms with Gasteiger partial charge >= 0.3 is 0 Å². The molecule has 0 atom stereocenters. The molecule has 0 radical (unpaired) electrons. The van der Waals surface area contributed by atoms with Crippen molar-refractivity contribution in [2.24, 2.45) is 0 Å². The smallest absolute Gasteiger partial charge is 0.165 e. The van der Waals surface area contributed by atoms with Gasteiger partial charge in [-0.3, -0.25) is 4.79 Å². The molecule has 0 bridgehead atoms. The van der Waals surface area contributed by atoms with Gasteiger partial charge in [0.25, 0.3) is 0 Å². The quantitative estimate of drug-likeness (QED) is 0.692. The maximum absolute atomic E-state index is 13.3. The largest absolute Gasteiger partial charge is 0.494 e. The molecular weight excluding hydrogens is 183 g/mol. The third kappa shape index (κ3) is 2.31. The van der Waals surface area contributed by atoms with E-state index in [1.165, 1.54) is 12.1 Å². The Morgan fingerprint density at radius 3 is 2.64 bits per heavy atom. The third-order valence-electron chi connectivity index (χ3n) is 1.87. The second kappa shape index (κ2) is 4.74. The van der Waals surface area contributed by atoms with Crippen LogP contribution in [0.15, 0.2) is 18.2 Å². The van der Waals surface area contributed by atoms with E-state index in [2.05, 4.69) is 0 Å². The molecule has 1 aromatic rings. The average molecular weight is 196 g/mol. The highest BCUT2D eigenvalue weighted by atomic mass is 19.1. The summed E-state index contributed by atoms with van der Waals surface area (Å²) in [5.41, 5.74) is 0.135. The van der Waals surface area contributed by atoms with Gasteiger partial charge in [0.05, 0.1) is 12.2 Å². The monoisotopic (exact) mass is 196 g/mol. The first-order chi connectivity index (χ1) is 6.69. The molecule has 2 nitrogen and oxygen atoms in total. The Bertz CT molecular complexity index is 334. The zero-order valence-corrected chi connectivity index (χ0v) is 8.34. The Labute approximate surface area is 82.7 Å². The van der Waals surface area contributed by atoms with E-state index in [1.54, 1.807) is 13.0 Å². The molecule has 0 unspecified atom stereocenters. The van der Waals surface area contributed by atoms with Crippen LogP contribution < -0.4 is 4.74 Å². The fourth-order valence-electron chi connectivity index (χ4n) is 1.17. The third-order valence-corrected chi connectivity index (χ3v) is 1.87. The number of benzene rings is 1. The molecular formula is C11H13FO2. The van der Waals surface area contributed by atoms with Crippen LogP contribution >= 0.6 is 0 Å². The second-order valence-electron chi connectivity index (χ2n) is 2.85. The summed E-state index contributed by atoms with van der Waals surface area (Å²) in [6.07, 6.45) is 0.310. The molecule has 0 aliphatic rings. The molecule has 0 saturated carbocycles. The van der Waals surface area contributed by atoms with Crippen LogP contribution in [0.25, 0.3) is 0 Å². The molecule has 0 amide bonds. The van der Waals surface area contributed by atoms with Gasteiger partial charge in [0.2, 0.25) is 0 Å². The van der Waals surface area contributed by atoms with Crippen LogP contribution in [0.4, 0.5) is 4.39 Å². The van der Waals surface area contributed by atoms with Gasteiger partial charge in [-0.25, -0.2) is 4.39 Å². The fourth-order valence-corrected chi connectivity index (χ4v) is 1.17. The number of hydrogen-bond donors (Lipinski definition) is 0. The summed E-state index contributed by atoms with van der Waals surface area (Å²) in [7, 11) is 0. The molecule has 76 valence electrons. The first-order valence-corrected chi connectivity index (χ1v) is 4.64. The van der Waals surface area contributed by atoms with E-state index in [0.29, 0.717) is 18.8 Å². The Morgan fingerprint density at radius 1 is 1.43 bits per heavy atom. The maximum Gasteiger partial charge on any atom is 0.165 e. The number of Topliss-reactive ketones (excluding diaryl/α,β-unsaturated/α-hetero) is 1. The minimum Gasteiger partial charge on any atom is -0.494 e. The van der Waals surface area contributed by atoms with Crippen molar-refractivity contribution in [1.29, 1.82) is 0 Å². The zero-order chi connectivity index (χ0) is 10.6. The van der Waals surface area contributed by atoms with Crippen LogP contribution in [-0.4, -0.2) is 12.4 Å². The lowest BCUT2D eigenvalue weighted by Crippen LogP contribution is -2.01. The van der Waals surface area contributed by atoms with Crippen LogP contribution in [0.3, 0.4) is 0 Å².